The summed E-state index contributed by atoms with van der Waals surface area (Å²) in [6.45, 7) is 6.15. The minimum absolute atomic E-state index is 0.185. The third-order valence-electron chi connectivity index (χ3n) is 2.92. The van der Waals surface area contributed by atoms with Gasteiger partial charge in [0.25, 0.3) is 5.91 Å². The molecule has 1 amide bonds. The molecule has 5 heteroatoms. The number of carbonyl (C=O) groups is 1. The zero-order valence-corrected chi connectivity index (χ0v) is 10.8. The molecule has 5 nitrogen and oxygen atoms in total. The van der Waals surface area contributed by atoms with Gasteiger partial charge in [0.1, 0.15) is 0 Å². The molecule has 0 aliphatic carbocycles. The van der Waals surface area contributed by atoms with Crippen molar-refractivity contribution in [1.29, 1.82) is 0 Å². The summed E-state index contributed by atoms with van der Waals surface area (Å²) >= 11 is 0. The molecule has 0 radical (unpaired) electrons. The van der Waals surface area contributed by atoms with Gasteiger partial charge in [0.2, 0.25) is 0 Å². The van der Waals surface area contributed by atoms with Crippen LogP contribution < -0.4 is 11.1 Å². The van der Waals surface area contributed by atoms with Crippen LogP contribution in [0.1, 0.15) is 56.2 Å². The molecule has 0 aromatic carbocycles. The minimum Gasteiger partial charge on any atom is -0.395 e. The first-order valence-electron chi connectivity index (χ1n) is 6.27. The summed E-state index contributed by atoms with van der Waals surface area (Å²) < 4.78 is 0. The molecule has 0 saturated carbocycles. The fourth-order valence-electron chi connectivity index (χ4n) is 1.75. The monoisotopic (exact) mass is 238 g/mol. The lowest BCUT2D eigenvalue weighted by Gasteiger charge is -2.13. The van der Waals surface area contributed by atoms with Crippen LogP contribution in [0.4, 0.5) is 5.69 Å². The Balaban J connectivity index is 2.75. The van der Waals surface area contributed by atoms with E-state index in [9.17, 15) is 4.79 Å². The molecular weight excluding hydrogens is 216 g/mol. The van der Waals surface area contributed by atoms with Crippen molar-refractivity contribution in [3.05, 3.63) is 11.4 Å². The highest BCUT2D eigenvalue weighted by Gasteiger charge is 2.18. The van der Waals surface area contributed by atoms with Crippen LogP contribution in [0.5, 0.6) is 0 Å². The molecule has 1 rings (SSSR count). The van der Waals surface area contributed by atoms with Crippen LogP contribution in [0.15, 0.2) is 0 Å². The normalized spacial score (nSPS) is 10.8. The molecule has 4 N–H and O–H groups in total. The van der Waals surface area contributed by atoms with E-state index in [2.05, 4.69) is 22.4 Å². The number of hydrogen-bond donors (Lipinski definition) is 3. The minimum atomic E-state index is -0.185. The number of aryl methyl sites for hydroxylation is 1. The van der Waals surface area contributed by atoms with E-state index in [1.54, 1.807) is 0 Å². The average Bonchev–Trinajstić information content (AvgIpc) is 2.68. The van der Waals surface area contributed by atoms with Gasteiger partial charge < -0.3 is 11.1 Å². The molecule has 96 valence electrons. The zero-order chi connectivity index (χ0) is 12.8. The number of H-pyrrole nitrogens is 1. The second-order valence-corrected chi connectivity index (χ2v) is 4.20. The molecule has 0 bridgehead atoms. The van der Waals surface area contributed by atoms with Gasteiger partial charge in [-0.2, -0.15) is 5.10 Å². The second kappa shape index (κ2) is 6.27. The van der Waals surface area contributed by atoms with Gasteiger partial charge >= 0.3 is 0 Å². The van der Waals surface area contributed by atoms with Gasteiger partial charge in [-0.05, 0) is 19.3 Å². The fourth-order valence-corrected chi connectivity index (χ4v) is 1.75. The van der Waals surface area contributed by atoms with Gasteiger partial charge in [0.15, 0.2) is 5.69 Å². The highest BCUT2D eigenvalue weighted by molar-refractivity contribution is 5.97. The molecular formula is C12H22N4O. The third kappa shape index (κ3) is 3.22. The fraction of sp³-hybridized carbons (Fsp3) is 0.667. The first-order valence-corrected chi connectivity index (χ1v) is 6.27. The summed E-state index contributed by atoms with van der Waals surface area (Å²) in [6, 6.07) is 0.188. The maximum atomic E-state index is 11.9. The van der Waals surface area contributed by atoms with Crippen molar-refractivity contribution in [3.8, 4) is 0 Å². The Morgan fingerprint density at radius 3 is 2.59 bits per heavy atom. The SMILES string of the molecule is CCCc1[nH]nc(C(=O)NC(CC)CC)c1N. The lowest BCUT2D eigenvalue weighted by atomic mass is 10.1. The predicted octanol–water partition coefficient (Wildman–Crippen LogP) is 1.86. The molecule has 0 atom stereocenters. The Labute approximate surface area is 102 Å². The van der Waals surface area contributed by atoms with Crippen molar-refractivity contribution in [2.45, 2.75) is 52.5 Å². The van der Waals surface area contributed by atoms with Crippen molar-refractivity contribution in [2.24, 2.45) is 0 Å². The van der Waals surface area contributed by atoms with Crippen LogP contribution in [-0.2, 0) is 6.42 Å². The van der Waals surface area contributed by atoms with E-state index in [0.29, 0.717) is 11.4 Å². The van der Waals surface area contributed by atoms with E-state index in [0.717, 1.165) is 31.4 Å². The quantitative estimate of drug-likeness (QED) is 0.707. The molecule has 0 unspecified atom stereocenters. The van der Waals surface area contributed by atoms with Gasteiger partial charge in [-0.15, -0.1) is 0 Å². The number of nitrogen functional groups attached to an aromatic ring is 1. The molecule has 0 aliphatic heterocycles. The Bertz CT molecular complexity index is 369. The summed E-state index contributed by atoms with van der Waals surface area (Å²) in [4.78, 5) is 11.9. The van der Waals surface area contributed by atoms with Crippen molar-refractivity contribution in [1.82, 2.24) is 15.5 Å². The molecule has 0 fully saturated rings. The molecule has 1 heterocycles. The Morgan fingerprint density at radius 1 is 1.41 bits per heavy atom. The van der Waals surface area contributed by atoms with E-state index in [-0.39, 0.29) is 11.9 Å². The molecule has 17 heavy (non-hydrogen) atoms. The smallest absolute Gasteiger partial charge is 0.274 e. The van der Waals surface area contributed by atoms with Gasteiger partial charge in [0.05, 0.1) is 11.4 Å². The van der Waals surface area contributed by atoms with E-state index in [1.165, 1.54) is 0 Å². The number of nitrogens with one attached hydrogen (secondary N) is 2. The van der Waals surface area contributed by atoms with Crippen LogP contribution >= 0.6 is 0 Å². The van der Waals surface area contributed by atoms with Crippen LogP contribution in [0.3, 0.4) is 0 Å². The molecule has 0 spiro atoms. The standard InChI is InChI=1S/C12H22N4O/c1-4-7-9-10(13)11(16-15-9)12(17)14-8(5-2)6-3/h8H,4-7,13H2,1-3H3,(H,14,17)(H,15,16). The number of anilines is 1. The highest BCUT2D eigenvalue weighted by Crippen LogP contribution is 2.15. The van der Waals surface area contributed by atoms with Crippen LogP contribution in [0.25, 0.3) is 0 Å². The summed E-state index contributed by atoms with van der Waals surface area (Å²) in [5.74, 6) is -0.185. The van der Waals surface area contributed by atoms with Gasteiger partial charge in [-0.1, -0.05) is 27.2 Å². The zero-order valence-electron chi connectivity index (χ0n) is 10.8. The Kier molecular flexibility index (Phi) is 5.00. The summed E-state index contributed by atoms with van der Waals surface area (Å²) in [6.07, 6.45) is 3.61. The van der Waals surface area contributed by atoms with Crippen molar-refractivity contribution >= 4 is 11.6 Å². The van der Waals surface area contributed by atoms with Crippen LogP contribution in [0.2, 0.25) is 0 Å². The Hall–Kier alpha value is -1.52. The number of amides is 1. The first kappa shape index (κ1) is 13.5. The number of rotatable bonds is 6. The summed E-state index contributed by atoms with van der Waals surface area (Å²) in [7, 11) is 0. The van der Waals surface area contributed by atoms with Crippen LogP contribution in [0, 0.1) is 0 Å². The predicted molar refractivity (Wildman–Crippen MR) is 68.8 cm³/mol. The number of aromatic nitrogens is 2. The summed E-state index contributed by atoms with van der Waals surface area (Å²) in [5.41, 5.74) is 7.55. The number of hydrogen-bond acceptors (Lipinski definition) is 3. The highest BCUT2D eigenvalue weighted by atomic mass is 16.2. The Morgan fingerprint density at radius 2 is 2.06 bits per heavy atom. The molecule has 1 aromatic heterocycles. The van der Waals surface area contributed by atoms with Crippen molar-refractivity contribution < 1.29 is 4.79 Å². The van der Waals surface area contributed by atoms with Crippen molar-refractivity contribution in [2.75, 3.05) is 5.73 Å². The van der Waals surface area contributed by atoms with E-state index < -0.39 is 0 Å². The molecule has 1 aromatic rings. The van der Waals surface area contributed by atoms with E-state index >= 15 is 0 Å². The lowest BCUT2D eigenvalue weighted by molar-refractivity contribution is 0.0930. The second-order valence-electron chi connectivity index (χ2n) is 4.20. The van der Waals surface area contributed by atoms with E-state index in [4.69, 9.17) is 5.73 Å². The molecule has 0 aliphatic rings. The summed E-state index contributed by atoms with van der Waals surface area (Å²) in [5, 5.41) is 9.75. The number of aromatic amines is 1. The number of nitrogens with zero attached hydrogens (tertiary/aromatic N) is 1. The van der Waals surface area contributed by atoms with Crippen molar-refractivity contribution in [3.63, 3.8) is 0 Å². The average molecular weight is 238 g/mol. The third-order valence-corrected chi connectivity index (χ3v) is 2.92. The maximum absolute atomic E-state index is 11.9. The van der Waals surface area contributed by atoms with E-state index in [1.807, 2.05) is 13.8 Å². The topological polar surface area (TPSA) is 83.8 Å². The van der Waals surface area contributed by atoms with Gasteiger partial charge in [0, 0.05) is 6.04 Å². The van der Waals surface area contributed by atoms with Gasteiger partial charge in [-0.25, -0.2) is 0 Å². The maximum Gasteiger partial charge on any atom is 0.274 e. The number of carbonyl (C=O) groups excluding carboxylic acids is 1. The van der Waals surface area contributed by atoms with Gasteiger partial charge in [-0.3, -0.25) is 9.89 Å². The number of nitrogens with two attached hydrogens (primary N) is 1. The lowest BCUT2D eigenvalue weighted by Crippen LogP contribution is -2.34. The van der Waals surface area contributed by atoms with Crippen LogP contribution in [-0.4, -0.2) is 22.1 Å². The largest absolute Gasteiger partial charge is 0.395 e. The molecule has 0 saturated heterocycles. The first-order chi connectivity index (χ1) is 8.13.